The van der Waals surface area contributed by atoms with Crippen LogP contribution in [0.1, 0.15) is 52.4 Å². The number of esters is 2. The summed E-state index contributed by atoms with van der Waals surface area (Å²) in [5.74, 6) is -0.838. The van der Waals surface area contributed by atoms with E-state index in [1.807, 2.05) is 0 Å². The lowest BCUT2D eigenvalue weighted by atomic mass is 10.4. The van der Waals surface area contributed by atoms with Crippen LogP contribution < -0.4 is 0 Å². The fourth-order valence-corrected chi connectivity index (χ4v) is 5.72. The van der Waals surface area contributed by atoms with Gasteiger partial charge in [-0.15, -0.1) is 0 Å². The second-order valence-corrected chi connectivity index (χ2v) is 9.66. The number of carbonyl (C=O) groups is 2. The molecule has 0 aromatic heterocycles. The summed E-state index contributed by atoms with van der Waals surface area (Å²) < 4.78 is 22.7. The second-order valence-electron chi connectivity index (χ2n) is 6.27. The van der Waals surface area contributed by atoms with E-state index >= 15 is 0 Å². The summed E-state index contributed by atoms with van der Waals surface area (Å²) in [6, 6.07) is 1.47. The van der Waals surface area contributed by atoms with Crippen molar-refractivity contribution in [2.75, 3.05) is 26.4 Å². The third-order valence-electron chi connectivity index (χ3n) is 3.95. The first-order chi connectivity index (χ1) is 13.0. The van der Waals surface area contributed by atoms with Crippen LogP contribution in [0.2, 0.25) is 12.1 Å². The third kappa shape index (κ3) is 13.4. The molecule has 0 fully saturated rings. The third-order valence-corrected chi connectivity index (χ3v) is 7.64. The van der Waals surface area contributed by atoms with Gasteiger partial charge in [0.15, 0.2) is 0 Å². The molecule has 0 saturated heterocycles. The molecule has 0 aliphatic heterocycles. The average molecular weight is 401 g/mol. The lowest BCUT2D eigenvalue weighted by molar-refractivity contribution is -0.138. The van der Waals surface area contributed by atoms with Gasteiger partial charge in [-0.2, -0.15) is 0 Å². The minimum Gasteiger partial charge on any atom is -0.463 e. The van der Waals surface area contributed by atoms with Gasteiger partial charge < -0.3 is 18.3 Å². The average Bonchev–Trinajstić information content (AvgIpc) is 2.68. The summed E-state index contributed by atoms with van der Waals surface area (Å²) >= 11 is 0. The Bertz CT molecular complexity index is 398. The maximum absolute atomic E-state index is 11.2. The van der Waals surface area contributed by atoms with Crippen molar-refractivity contribution >= 4 is 20.5 Å². The van der Waals surface area contributed by atoms with E-state index in [0.29, 0.717) is 39.3 Å². The van der Waals surface area contributed by atoms with E-state index in [-0.39, 0.29) is 0 Å². The van der Waals surface area contributed by atoms with Crippen molar-refractivity contribution in [1.29, 1.82) is 0 Å². The molecule has 0 bridgehead atoms. The molecule has 6 nitrogen and oxygen atoms in total. The number of rotatable bonds is 18. The molecule has 0 aliphatic rings. The molecule has 0 radical (unpaired) electrons. The first kappa shape index (κ1) is 25.6. The van der Waals surface area contributed by atoms with Gasteiger partial charge in [-0.3, -0.25) is 0 Å². The number of ether oxygens (including phenoxy) is 2. The Morgan fingerprint density at radius 2 is 1.15 bits per heavy atom. The van der Waals surface area contributed by atoms with E-state index in [2.05, 4.69) is 27.0 Å². The van der Waals surface area contributed by atoms with Crippen LogP contribution in [0.4, 0.5) is 0 Å². The largest absolute Gasteiger partial charge is 0.463 e. The maximum atomic E-state index is 11.2. The molecule has 0 amide bonds. The minimum atomic E-state index is -2.47. The minimum absolute atomic E-state index is 0.319. The quantitative estimate of drug-likeness (QED) is 0.148. The summed E-state index contributed by atoms with van der Waals surface area (Å²) in [5.41, 5.74) is 0. The summed E-state index contributed by atoms with van der Waals surface area (Å²) in [6.07, 6.45) is 7.72. The molecule has 0 saturated carbocycles. The van der Waals surface area contributed by atoms with Gasteiger partial charge in [-0.25, -0.2) is 9.59 Å². The molecule has 0 N–H and O–H groups in total. The Morgan fingerprint density at radius 3 is 1.48 bits per heavy atom. The number of carbonyl (C=O) groups excluding carboxylic acids is 2. The molecular formula is C20H36O6Si. The van der Waals surface area contributed by atoms with Crippen molar-refractivity contribution in [3.8, 4) is 0 Å². The topological polar surface area (TPSA) is 71.1 Å². The standard InChI is InChI=1S/C20H36O6Si/c1-5-9-15-25-27(26-16-10-6-2,17-11-13-23-19(21)7-3)18-12-14-24-20(22)8-4/h7-8H,3-6,9-18H2,1-2H3. The van der Waals surface area contributed by atoms with Gasteiger partial charge in [0.05, 0.1) is 13.2 Å². The van der Waals surface area contributed by atoms with Crippen molar-refractivity contribution < 1.29 is 27.9 Å². The van der Waals surface area contributed by atoms with E-state index in [0.717, 1.165) is 49.9 Å². The normalized spacial score (nSPS) is 11.0. The number of hydrogen-bond donors (Lipinski definition) is 0. The molecule has 0 unspecified atom stereocenters. The summed E-state index contributed by atoms with van der Waals surface area (Å²) in [7, 11) is -2.47. The van der Waals surface area contributed by atoms with Crippen LogP contribution in [-0.2, 0) is 27.9 Å². The number of unbranched alkanes of at least 4 members (excludes halogenated alkanes) is 2. The Balaban J connectivity index is 4.79. The van der Waals surface area contributed by atoms with Crippen LogP contribution in [0.25, 0.3) is 0 Å². The van der Waals surface area contributed by atoms with Gasteiger partial charge >= 0.3 is 20.5 Å². The predicted octanol–water partition coefficient (Wildman–Crippen LogP) is 4.30. The fourth-order valence-electron chi connectivity index (χ4n) is 2.41. The van der Waals surface area contributed by atoms with Crippen molar-refractivity contribution in [2.45, 2.75) is 64.5 Å². The van der Waals surface area contributed by atoms with Gasteiger partial charge in [-0.05, 0) is 37.8 Å². The Labute approximate surface area is 165 Å². The van der Waals surface area contributed by atoms with Gasteiger partial charge in [0.2, 0.25) is 0 Å². The van der Waals surface area contributed by atoms with Gasteiger partial charge in [0.1, 0.15) is 0 Å². The maximum Gasteiger partial charge on any atom is 0.338 e. The Morgan fingerprint density at radius 1 is 0.741 bits per heavy atom. The smallest absolute Gasteiger partial charge is 0.338 e. The molecular weight excluding hydrogens is 364 g/mol. The Kier molecular flexibility index (Phi) is 15.8. The number of hydrogen-bond acceptors (Lipinski definition) is 6. The van der Waals surface area contributed by atoms with Crippen LogP contribution >= 0.6 is 0 Å². The van der Waals surface area contributed by atoms with Crippen molar-refractivity contribution in [1.82, 2.24) is 0 Å². The fraction of sp³-hybridized carbons (Fsp3) is 0.700. The van der Waals surface area contributed by atoms with Crippen molar-refractivity contribution in [3.05, 3.63) is 25.3 Å². The first-order valence-electron chi connectivity index (χ1n) is 9.89. The SMILES string of the molecule is C=CC(=O)OCCC[Si](CCCOC(=O)C=C)(OCCCC)OCCCC. The molecule has 0 heterocycles. The monoisotopic (exact) mass is 400 g/mol. The summed E-state index contributed by atoms with van der Waals surface area (Å²) in [6.45, 7) is 13.0. The van der Waals surface area contributed by atoms with Gasteiger partial charge in [-0.1, -0.05) is 39.8 Å². The van der Waals surface area contributed by atoms with Gasteiger partial charge in [0, 0.05) is 25.4 Å². The zero-order chi connectivity index (χ0) is 20.4. The highest BCUT2D eigenvalue weighted by atomic mass is 28.4. The molecule has 0 atom stereocenters. The first-order valence-corrected chi connectivity index (χ1v) is 12.1. The van der Waals surface area contributed by atoms with Crippen molar-refractivity contribution in [3.63, 3.8) is 0 Å². The zero-order valence-electron chi connectivity index (χ0n) is 17.0. The summed E-state index contributed by atoms with van der Waals surface area (Å²) in [4.78, 5) is 22.4. The molecule has 0 rings (SSSR count). The molecule has 0 aromatic carbocycles. The zero-order valence-corrected chi connectivity index (χ0v) is 18.0. The van der Waals surface area contributed by atoms with Crippen LogP contribution in [0.15, 0.2) is 25.3 Å². The predicted molar refractivity (Wildman–Crippen MR) is 109 cm³/mol. The molecule has 156 valence electrons. The molecule has 0 aliphatic carbocycles. The highest BCUT2D eigenvalue weighted by molar-refractivity contribution is 6.67. The molecule has 27 heavy (non-hydrogen) atoms. The molecule has 0 spiro atoms. The molecule has 7 heteroatoms. The van der Waals surface area contributed by atoms with E-state index in [4.69, 9.17) is 18.3 Å². The van der Waals surface area contributed by atoms with Crippen LogP contribution in [0.5, 0.6) is 0 Å². The van der Waals surface area contributed by atoms with Gasteiger partial charge in [0.25, 0.3) is 0 Å². The van der Waals surface area contributed by atoms with Crippen LogP contribution in [0.3, 0.4) is 0 Å². The molecule has 0 aromatic rings. The van der Waals surface area contributed by atoms with E-state index in [1.54, 1.807) is 0 Å². The van der Waals surface area contributed by atoms with Crippen LogP contribution in [-0.4, -0.2) is 46.9 Å². The lowest BCUT2D eigenvalue weighted by Gasteiger charge is -2.31. The van der Waals surface area contributed by atoms with Crippen LogP contribution in [0, 0.1) is 0 Å². The second kappa shape index (κ2) is 16.7. The van der Waals surface area contributed by atoms with E-state index in [9.17, 15) is 9.59 Å². The van der Waals surface area contributed by atoms with Crippen molar-refractivity contribution in [2.24, 2.45) is 0 Å². The summed E-state index contributed by atoms with van der Waals surface area (Å²) in [5, 5.41) is 0. The van der Waals surface area contributed by atoms with E-state index < -0.39 is 20.5 Å². The highest BCUT2D eigenvalue weighted by Crippen LogP contribution is 2.24. The highest BCUT2D eigenvalue weighted by Gasteiger charge is 2.36. The lowest BCUT2D eigenvalue weighted by Crippen LogP contribution is -2.43. The Hall–Kier alpha value is -1.44. The van der Waals surface area contributed by atoms with E-state index in [1.165, 1.54) is 0 Å².